The fourth-order valence-corrected chi connectivity index (χ4v) is 2.60. The van der Waals surface area contributed by atoms with E-state index in [0.29, 0.717) is 0 Å². The van der Waals surface area contributed by atoms with Crippen molar-refractivity contribution in [2.45, 2.75) is 19.2 Å². The number of alkyl halides is 1. The molecule has 1 unspecified atom stereocenters. The van der Waals surface area contributed by atoms with Crippen LogP contribution in [0.15, 0.2) is 35.7 Å². The van der Waals surface area contributed by atoms with Crippen molar-refractivity contribution in [1.82, 2.24) is 0 Å². The Labute approximate surface area is 99.5 Å². The average molecular weight is 237 g/mol. The maximum absolute atomic E-state index is 6.40. The normalized spacial score (nSPS) is 12.7. The van der Waals surface area contributed by atoms with Gasteiger partial charge in [-0.2, -0.15) is 0 Å². The van der Waals surface area contributed by atoms with Crippen LogP contribution in [0.1, 0.15) is 26.9 Å². The highest BCUT2D eigenvalue weighted by atomic mass is 35.5. The van der Waals surface area contributed by atoms with Gasteiger partial charge in [-0.05, 0) is 36.4 Å². The summed E-state index contributed by atoms with van der Waals surface area (Å²) in [6.07, 6.45) is 0. The third-order valence-electron chi connectivity index (χ3n) is 2.41. The zero-order valence-corrected chi connectivity index (χ0v) is 10.4. The Balaban J connectivity index is 2.28. The summed E-state index contributed by atoms with van der Waals surface area (Å²) in [5.41, 5.74) is 3.63. The Morgan fingerprint density at radius 3 is 2.27 bits per heavy atom. The predicted molar refractivity (Wildman–Crippen MR) is 67.9 cm³/mol. The third kappa shape index (κ3) is 2.42. The van der Waals surface area contributed by atoms with E-state index in [1.807, 2.05) is 0 Å². The molecule has 0 saturated heterocycles. The van der Waals surface area contributed by atoms with Gasteiger partial charge in [-0.25, -0.2) is 0 Å². The first-order chi connectivity index (χ1) is 7.16. The number of hydrogen-bond donors (Lipinski definition) is 0. The van der Waals surface area contributed by atoms with E-state index in [1.54, 1.807) is 11.3 Å². The van der Waals surface area contributed by atoms with Gasteiger partial charge in [-0.15, -0.1) is 22.9 Å². The predicted octanol–water partition coefficient (Wildman–Crippen LogP) is 4.69. The lowest BCUT2D eigenvalue weighted by Crippen LogP contribution is -1.90. The Hall–Kier alpha value is -0.790. The van der Waals surface area contributed by atoms with Crippen molar-refractivity contribution in [3.8, 4) is 0 Å². The van der Waals surface area contributed by atoms with Gasteiger partial charge in [0.1, 0.15) is 0 Å². The number of hydrogen-bond acceptors (Lipinski definition) is 1. The van der Waals surface area contributed by atoms with Gasteiger partial charge in [-0.3, -0.25) is 0 Å². The number of rotatable bonds is 2. The fraction of sp³-hybridized carbons (Fsp3) is 0.231. The second-order valence-electron chi connectivity index (χ2n) is 3.76. The molecule has 2 heteroatoms. The molecule has 0 radical (unpaired) electrons. The highest BCUT2D eigenvalue weighted by Gasteiger charge is 2.11. The number of aryl methyl sites for hydroxylation is 2. The second-order valence-corrected chi connectivity index (χ2v) is 5.32. The first kappa shape index (κ1) is 10.7. The highest BCUT2D eigenvalue weighted by molar-refractivity contribution is 7.10. The Morgan fingerprint density at radius 2 is 1.73 bits per heavy atom. The lowest BCUT2D eigenvalue weighted by molar-refractivity contribution is 1.15. The van der Waals surface area contributed by atoms with Crippen LogP contribution in [0, 0.1) is 13.8 Å². The molecule has 0 aliphatic heterocycles. The van der Waals surface area contributed by atoms with Crippen LogP contribution in [0.5, 0.6) is 0 Å². The summed E-state index contributed by atoms with van der Waals surface area (Å²) < 4.78 is 0. The van der Waals surface area contributed by atoms with E-state index in [1.165, 1.54) is 21.6 Å². The van der Waals surface area contributed by atoms with Gasteiger partial charge in [0.2, 0.25) is 0 Å². The van der Waals surface area contributed by atoms with Gasteiger partial charge < -0.3 is 0 Å². The first-order valence-corrected chi connectivity index (χ1v) is 6.24. The van der Waals surface area contributed by atoms with Crippen molar-refractivity contribution < 1.29 is 0 Å². The molecule has 0 saturated carbocycles. The number of halogens is 1. The minimum atomic E-state index is -0.0180. The van der Waals surface area contributed by atoms with Crippen molar-refractivity contribution in [3.05, 3.63) is 57.3 Å². The van der Waals surface area contributed by atoms with Crippen LogP contribution in [-0.4, -0.2) is 0 Å². The standard InChI is InChI=1S/C13H13ClS/c1-9-3-5-11(6-4-9)13(14)12-7-10(2)15-8-12/h3-8,13H,1-2H3. The molecule has 1 aromatic heterocycles. The van der Waals surface area contributed by atoms with Crippen molar-refractivity contribution in [2.75, 3.05) is 0 Å². The lowest BCUT2D eigenvalue weighted by Gasteiger charge is -2.07. The van der Waals surface area contributed by atoms with Crippen LogP contribution >= 0.6 is 22.9 Å². The molecule has 0 N–H and O–H groups in total. The summed E-state index contributed by atoms with van der Waals surface area (Å²) in [7, 11) is 0. The van der Waals surface area contributed by atoms with Crippen LogP contribution in [0.25, 0.3) is 0 Å². The summed E-state index contributed by atoms with van der Waals surface area (Å²) in [5.74, 6) is 0. The van der Waals surface area contributed by atoms with Crippen LogP contribution in [0.4, 0.5) is 0 Å². The summed E-state index contributed by atoms with van der Waals surface area (Å²) >= 11 is 8.15. The van der Waals surface area contributed by atoms with Crippen LogP contribution in [0.2, 0.25) is 0 Å². The summed E-state index contributed by atoms with van der Waals surface area (Å²) in [4.78, 5) is 1.31. The molecule has 2 aromatic rings. The van der Waals surface area contributed by atoms with E-state index >= 15 is 0 Å². The van der Waals surface area contributed by atoms with Crippen molar-refractivity contribution >= 4 is 22.9 Å². The molecular formula is C13H13ClS. The second kappa shape index (κ2) is 4.38. The van der Waals surface area contributed by atoms with E-state index in [-0.39, 0.29) is 5.38 Å². The quantitative estimate of drug-likeness (QED) is 0.664. The van der Waals surface area contributed by atoms with Gasteiger partial charge in [0, 0.05) is 4.88 Å². The van der Waals surface area contributed by atoms with E-state index in [2.05, 4.69) is 49.6 Å². The van der Waals surface area contributed by atoms with E-state index in [0.717, 1.165) is 0 Å². The molecule has 0 fully saturated rings. The summed E-state index contributed by atoms with van der Waals surface area (Å²) in [6, 6.07) is 10.6. The molecule has 78 valence electrons. The van der Waals surface area contributed by atoms with Crippen molar-refractivity contribution in [3.63, 3.8) is 0 Å². The fourth-order valence-electron chi connectivity index (χ4n) is 1.52. The van der Waals surface area contributed by atoms with Crippen LogP contribution < -0.4 is 0 Å². The minimum Gasteiger partial charge on any atom is -0.149 e. The molecule has 0 spiro atoms. The number of benzene rings is 1. The molecule has 1 atom stereocenters. The average Bonchev–Trinajstić information content (AvgIpc) is 2.65. The number of thiophene rings is 1. The van der Waals surface area contributed by atoms with Crippen LogP contribution in [-0.2, 0) is 0 Å². The summed E-state index contributed by atoms with van der Waals surface area (Å²) in [6.45, 7) is 4.19. The molecule has 1 heterocycles. The zero-order chi connectivity index (χ0) is 10.8. The van der Waals surface area contributed by atoms with E-state index in [9.17, 15) is 0 Å². The Morgan fingerprint density at radius 1 is 1.07 bits per heavy atom. The van der Waals surface area contributed by atoms with Gasteiger partial charge in [0.25, 0.3) is 0 Å². The maximum atomic E-state index is 6.40. The SMILES string of the molecule is Cc1ccc(C(Cl)c2csc(C)c2)cc1. The Kier molecular flexibility index (Phi) is 3.13. The maximum Gasteiger partial charge on any atom is 0.0843 e. The molecule has 0 bridgehead atoms. The topological polar surface area (TPSA) is 0 Å². The molecule has 0 aliphatic carbocycles. The van der Waals surface area contributed by atoms with E-state index in [4.69, 9.17) is 11.6 Å². The van der Waals surface area contributed by atoms with Crippen molar-refractivity contribution in [2.24, 2.45) is 0 Å². The van der Waals surface area contributed by atoms with Gasteiger partial charge in [0.15, 0.2) is 0 Å². The highest BCUT2D eigenvalue weighted by Crippen LogP contribution is 2.31. The molecule has 0 aliphatic rings. The van der Waals surface area contributed by atoms with Crippen LogP contribution in [0.3, 0.4) is 0 Å². The lowest BCUT2D eigenvalue weighted by atomic mass is 10.1. The van der Waals surface area contributed by atoms with E-state index < -0.39 is 0 Å². The molecule has 2 rings (SSSR count). The van der Waals surface area contributed by atoms with Gasteiger partial charge >= 0.3 is 0 Å². The Bertz CT molecular complexity index is 442. The largest absolute Gasteiger partial charge is 0.149 e. The molecule has 15 heavy (non-hydrogen) atoms. The monoisotopic (exact) mass is 236 g/mol. The summed E-state index contributed by atoms with van der Waals surface area (Å²) in [5, 5.41) is 2.11. The molecule has 0 nitrogen and oxygen atoms in total. The third-order valence-corrected chi connectivity index (χ3v) is 3.80. The smallest absolute Gasteiger partial charge is 0.0843 e. The first-order valence-electron chi connectivity index (χ1n) is 4.92. The zero-order valence-electron chi connectivity index (χ0n) is 8.83. The van der Waals surface area contributed by atoms with Gasteiger partial charge in [0.05, 0.1) is 5.38 Å². The molecule has 1 aromatic carbocycles. The molecule has 0 amide bonds. The van der Waals surface area contributed by atoms with Gasteiger partial charge in [-0.1, -0.05) is 29.8 Å². The van der Waals surface area contributed by atoms with Crippen molar-refractivity contribution in [1.29, 1.82) is 0 Å². The minimum absolute atomic E-state index is 0.0180. The molecular weight excluding hydrogens is 224 g/mol.